The van der Waals surface area contributed by atoms with Crippen molar-refractivity contribution in [1.29, 1.82) is 0 Å². The third-order valence-electron chi connectivity index (χ3n) is 1.02. The van der Waals surface area contributed by atoms with Crippen molar-refractivity contribution >= 4 is 12.2 Å². The molecule has 4 heteroatoms. The van der Waals surface area contributed by atoms with Crippen LogP contribution >= 0.6 is 0 Å². The van der Waals surface area contributed by atoms with Crippen molar-refractivity contribution in [2.45, 2.75) is 19.3 Å². The Balaban J connectivity index is 3.19. The molecule has 0 unspecified atom stereocenters. The Morgan fingerprint density at radius 2 is 2.50 bits per heavy atom. The molecule has 0 aromatic heterocycles. The van der Waals surface area contributed by atoms with Crippen LogP contribution in [0.2, 0.25) is 0 Å². The van der Waals surface area contributed by atoms with E-state index in [-0.39, 0.29) is 5.97 Å². The summed E-state index contributed by atoms with van der Waals surface area (Å²) in [7, 11) is 1.35. The van der Waals surface area contributed by atoms with E-state index >= 15 is 0 Å². The fourth-order valence-electron chi connectivity index (χ4n) is 0.497. The number of esters is 1. The van der Waals surface area contributed by atoms with Crippen LogP contribution in [-0.4, -0.2) is 24.1 Å². The zero-order chi connectivity index (χ0) is 7.82. The summed E-state index contributed by atoms with van der Waals surface area (Å²) in [5.41, 5.74) is 7.94. The number of carbonyl (C=O) groups excluding carboxylic acids is 1. The largest absolute Gasteiger partial charge is 0.469 e. The molecule has 4 nitrogen and oxygen atoms in total. The normalized spacial score (nSPS) is 8.10. The smallest absolute Gasteiger partial charge is 0.305 e. The maximum atomic E-state index is 10.4. The minimum absolute atomic E-state index is 0.230. The van der Waals surface area contributed by atoms with Gasteiger partial charge in [0.15, 0.2) is 0 Å². The summed E-state index contributed by atoms with van der Waals surface area (Å²) in [5, 5.41) is 0. The molecule has 0 spiro atoms. The Kier molecular flexibility index (Phi) is 5.29. The van der Waals surface area contributed by atoms with Gasteiger partial charge >= 0.3 is 5.97 Å². The van der Waals surface area contributed by atoms with E-state index in [1.165, 1.54) is 13.3 Å². The second-order valence-corrected chi connectivity index (χ2v) is 1.77. The van der Waals surface area contributed by atoms with Gasteiger partial charge in [-0.3, -0.25) is 4.79 Å². The van der Waals surface area contributed by atoms with E-state index < -0.39 is 0 Å². The van der Waals surface area contributed by atoms with Crippen LogP contribution in [0.3, 0.4) is 0 Å². The molecule has 0 aliphatic carbocycles. The van der Waals surface area contributed by atoms with E-state index in [9.17, 15) is 4.79 Å². The summed E-state index contributed by atoms with van der Waals surface area (Å²) < 4.78 is 4.38. The van der Waals surface area contributed by atoms with E-state index in [1.807, 2.05) is 0 Å². The molecule has 0 bridgehead atoms. The number of unbranched alkanes of at least 4 members (excludes halogenated alkanes) is 1. The number of methoxy groups -OCH3 is 1. The van der Waals surface area contributed by atoms with Crippen LogP contribution in [0.25, 0.3) is 5.53 Å². The average Bonchev–Trinajstić information content (AvgIpc) is 1.98. The molecule has 56 valence electrons. The average molecular weight is 142 g/mol. The Hall–Kier alpha value is -1.15. The monoisotopic (exact) mass is 142 g/mol. The fraction of sp³-hybridized carbons (Fsp3) is 0.667. The van der Waals surface area contributed by atoms with Gasteiger partial charge in [0.1, 0.15) is 0 Å². The van der Waals surface area contributed by atoms with Crippen LogP contribution < -0.4 is 0 Å². The van der Waals surface area contributed by atoms with Crippen LogP contribution in [0, 0.1) is 0 Å². The molecule has 0 aromatic carbocycles. The zero-order valence-electron chi connectivity index (χ0n) is 5.91. The van der Waals surface area contributed by atoms with E-state index in [2.05, 4.69) is 9.53 Å². The number of ether oxygens (including phenoxy) is 1. The number of nitrogens with zero attached hydrogens (tertiary/aromatic N) is 2. The van der Waals surface area contributed by atoms with E-state index in [0.29, 0.717) is 19.3 Å². The molecule has 10 heavy (non-hydrogen) atoms. The van der Waals surface area contributed by atoms with Gasteiger partial charge in [-0.2, -0.15) is 4.79 Å². The molecular formula is C6H10N2O2. The Morgan fingerprint density at radius 1 is 1.80 bits per heavy atom. The van der Waals surface area contributed by atoms with Crippen molar-refractivity contribution < 1.29 is 14.3 Å². The summed E-state index contributed by atoms with van der Waals surface area (Å²) in [4.78, 5) is 13.2. The topological polar surface area (TPSA) is 62.7 Å². The fourth-order valence-corrected chi connectivity index (χ4v) is 0.497. The molecule has 0 aliphatic rings. The highest BCUT2D eigenvalue weighted by Gasteiger charge is 1.98. The van der Waals surface area contributed by atoms with Gasteiger partial charge in [-0.15, -0.1) is 0 Å². The lowest BCUT2D eigenvalue weighted by Crippen LogP contribution is -1.99. The lowest BCUT2D eigenvalue weighted by atomic mass is 10.2. The molecular weight excluding hydrogens is 132 g/mol. The van der Waals surface area contributed by atoms with Crippen molar-refractivity contribution in [3.05, 3.63) is 5.53 Å². The standard InChI is InChI=1S/C6H10N2O2/c1-10-6(9)4-2-3-5-8-7/h5H,2-4H2,1H3. The summed E-state index contributed by atoms with van der Waals surface area (Å²) in [6.07, 6.45) is 2.99. The second-order valence-electron chi connectivity index (χ2n) is 1.77. The van der Waals surface area contributed by atoms with Gasteiger partial charge < -0.3 is 10.3 Å². The number of hydrogen-bond donors (Lipinski definition) is 0. The summed E-state index contributed by atoms with van der Waals surface area (Å²) >= 11 is 0. The van der Waals surface area contributed by atoms with Crippen LogP contribution in [0.4, 0.5) is 0 Å². The Labute approximate surface area is 59.4 Å². The van der Waals surface area contributed by atoms with Crippen LogP contribution in [0.5, 0.6) is 0 Å². The van der Waals surface area contributed by atoms with E-state index in [0.717, 1.165) is 0 Å². The third-order valence-corrected chi connectivity index (χ3v) is 1.02. The van der Waals surface area contributed by atoms with Crippen LogP contribution in [-0.2, 0) is 9.53 Å². The minimum atomic E-state index is -0.230. The summed E-state index contributed by atoms with van der Waals surface area (Å²) in [6, 6.07) is 0. The predicted octanol–water partition coefficient (Wildman–Crippen LogP) is 0.630. The van der Waals surface area contributed by atoms with Crippen molar-refractivity contribution in [1.82, 2.24) is 0 Å². The maximum Gasteiger partial charge on any atom is 0.305 e. The van der Waals surface area contributed by atoms with E-state index in [4.69, 9.17) is 5.53 Å². The molecule has 0 heterocycles. The molecule has 0 atom stereocenters. The molecule has 0 rings (SSSR count). The van der Waals surface area contributed by atoms with Gasteiger partial charge in [0.2, 0.25) is 0 Å². The first-order valence-corrected chi connectivity index (χ1v) is 3.04. The molecule has 0 aliphatic heterocycles. The van der Waals surface area contributed by atoms with Gasteiger partial charge in [-0.1, -0.05) is 0 Å². The van der Waals surface area contributed by atoms with Gasteiger partial charge in [-0.05, 0) is 6.42 Å². The van der Waals surface area contributed by atoms with Crippen molar-refractivity contribution in [3.63, 3.8) is 0 Å². The highest BCUT2D eigenvalue weighted by molar-refractivity contribution is 5.69. The number of hydrogen-bond acceptors (Lipinski definition) is 2. The van der Waals surface area contributed by atoms with Gasteiger partial charge in [-0.25, -0.2) is 0 Å². The van der Waals surface area contributed by atoms with Crippen molar-refractivity contribution in [2.75, 3.05) is 7.11 Å². The molecule has 0 N–H and O–H groups in total. The van der Waals surface area contributed by atoms with Crippen LogP contribution in [0.15, 0.2) is 0 Å². The third kappa shape index (κ3) is 5.00. The quantitative estimate of drug-likeness (QED) is 0.190. The molecule has 0 amide bonds. The molecule has 0 radical (unpaired) electrons. The highest BCUT2D eigenvalue weighted by atomic mass is 16.5. The predicted molar refractivity (Wildman–Crippen MR) is 35.6 cm³/mol. The molecule has 0 saturated carbocycles. The second kappa shape index (κ2) is 5.98. The lowest BCUT2D eigenvalue weighted by molar-refractivity contribution is -0.140. The first-order valence-electron chi connectivity index (χ1n) is 3.04. The van der Waals surface area contributed by atoms with E-state index in [1.54, 1.807) is 0 Å². The Morgan fingerprint density at radius 3 is 3.00 bits per heavy atom. The minimum Gasteiger partial charge on any atom is -0.469 e. The summed E-state index contributed by atoms with van der Waals surface area (Å²) in [6.45, 7) is 0. The first-order chi connectivity index (χ1) is 4.81. The summed E-state index contributed by atoms with van der Waals surface area (Å²) in [5.74, 6) is -0.230. The van der Waals surface area contributed by atoms with Gasteiger partial charge in [0.05, 0.1) is 7.11 Å². The SMILES string of the molecule is COC(=O)CCCC=[N+]=[N-]. The van der Waals surface area contributed by atoms with Crippen LogP contribution in [0.1, 0.15) is 19.3 Å². The maximum absolute atomic E-state index is 10.4. The van der Waals surface area contributed by atoms with Gasteiger partial charge in [0, 0.05) is 12.8 Å². The highest BCUT2D eigenvalue weighted by Crippen LogP contribution is 1.93. The van der Waals surface area contributed by atoms with Crippen molar-refractivity contribution in [2.24, 2.45) is 0 Å². The lowest BCUT2D eigenvalue weighted by Gasteiger charge is -1.92. The number of carbonyl (C=O) groups is 1. The first kappa shape index (κ1) is 8.85. The molecule has 0 saturated heterocycles. The number of rotatable bonds is 4. The van der Waals surface area contributed by atoms with Crippen molar-refractivity contribution in [3.8, 4) is 0 Å². The van der Waals surface area contributed by atoms with Gasteiger partial charge in [0.25, 0.3) is 6.21 Å². The zero-order valence-corrected chi connectivity index (χ0v) is 5.91. The molecule has 0 fully saturated rings. The Bertz CT molecular complexity index is 150. The molecule has 0 aromatic rings.